The van der Waals surface area contributed by atoms with E-state index in [0.717, 1.165) is 15.9 Å². The number of aryl methyl sites for hydroxylation is 1. The summed E-state index contributed by atoms with van der Waals surface area (Å²) in [6, 6.07) is 0. The van der Waals surface area contributed by atoms with Crippen LogP contribution in [-0.2, 0) is 14.3 Å². The van der Waals surface area contributed by atoms with Gasteiger partial charge in [-0.3, -0.25) is 14.2 Å². The molecule has 3 rings (SSSR count). The molecule has 1 saturated heterocycles. The molecule has 4 N–H and O–H groups in total. The maximum Gasteiger partial charge on any atom is 0.311 e. The van der Waals surface area contributed by atoms with E-state index in [-0.39, 0.29) is 18.2 Å². The summed E-state index contributed by atoms with van der Waals surface area (Å²) in [5.74, 6) is -0.561. The molecule has 0 saturated carbocycles. The Balaban J connectivity index is 2.00. The van der Waals surface area contributed by atoms with Crippen LogP contribution < -0.4 is 10.6 Å². The van der Waals surface area contributed by atoms with Crippen LogP contribution in [0.1, 0.15) is 18.8 Å². The molecule has 3 heterocycles. The van der Waals surface area contributed by atoms with Gasteiger partial charge in [0.2, 0.25) is 5.95 Å². The van der Waals surface area contributed by atoms with Gasteiger partial charge in [-0.2, -0.15) is 4.98 Å². The van der Waals surface area contributed by atoms with E-state index in [1.54, 1.807) is 6.92 Å². The van der Waals surface area contributed by atoms with Crippen LogP contribution in [0.15, 0.2) is 4.79 Å². The summed E-state index contributed by atoms with van der Waals surface area (Å²) in [5, 5.41) is 20.3. The zero-order chi connectivity index (χ0) is 17.6. The average molecular weight is 356 g/mol. The third-order valence-electron chi connectivity index (χ3n) is 3.69. The SMILES string of the molecule is CC(=O)OC[C@H]1O[C@@H](n2c(=O)sc3c(C)nc(N)nc32)[C@H](O)[C@@H]1O. The lowest BCUT2D eigenvalue weighted by molar-refractivity contribution is -0.147. The van der Waals surface area contributed by atoms with Gasteiger partial charge >= 0.3 is 10.8 Å². The van der Waals surface area contributed by atoms with Crippen molar-refractivity contribution >= 4 is 33.6 Å². The van der Waals surface area contributed by atoms with Gasteiger partial charge < -0.3 is 25.4 Å². The fourth-order valence-electron chi connectivity index (χ4n) is 2.58. The Morgan fingerprint density at radius 2 is 2.12 bits per heavy atom. The Hall–Kier alpha value is -2.08. The Morgan fingerprint density at radius 3 is 2.79 bits per heavy atom. The first-order chi connectivity index (χ1) is 11.3. The monoisotopic (exact) mass is 356 g/mol. The molecule has 130 valence electrons. The van der Waals surface area contributed by atoms with Gasteiger partial charge in [0.25, 0.3) is 0 Å². The molecule has 4 atom stereocenters. The number of esters is 1. The van der Waals surface area contributed by atoms with Gasteiger partial charge in [-0.15, -0.1) is 0 Å². The van der Waals surface area contributed by atoms with E-state index in [9.17, 15) is 19.8 Å². The van der Waals surface area contributed by atoms with Crippen LogP contribution in [0.25, 0.3) is 10.3 Å². The molecule has 0 unspecified atom stereocenters. The standard InChI is InChI=1S/C13H16N4O6S/c1-4-9-10(16-12(14)15-4)17(13(21)24-9)11-8(20)7(19)6(23-11)3-22-5(2)18/h6-8,11,19-20H,3H2,1-2H3,(H2,14,15,16)/t6-,7-,8-,11-/m1/s1. The molecule has 0 amide bonds. The van der Waals surface area contributed by atoms with Crippen LogP contribution in [0.4, 0.5) is 5.95 Å². The van der Waals surface area contributed by atoms with E-state index >= 15 is 0 Å². The lowest BCUT2D eigenvalue weighted by Gasteiger charge is -2.16. The molecular formula is C13H16N4O6S. The highest BCUT2D eigenvalue weighted by Crippen LogP contribution is 2.32. The first kappa shape index (κ1) is 16.8. The molecule has 1 aliphatic rings. The van der Waals surface area contributed by atoms with Crippen molar-refractivity contribution < 1.29 is 24.5 Å². The van der Waals surface area contributed by atoms with Crippen molar-refractivity contribution in [1.29, 1.82) is 0 Å². The number of fused-ring (bicyclic) bond motifs is 1. The number of carbonyl (C=O) groups excluding carboxylic acids is 1. The van der Waals surface area contributed by atoms with Gasteiger partial charge in [0.1, 0.15) is 24.9 Å². The third kappa shape index (κ3) is 2.75. The highest BCUT2D eigenvalue weighted by Gasteiger charge is 2.45. The summed E-state index contributed by atoms with van der Waals surface area (Å²) < 4.78 is 12.0. The molecule has 1 fully saturated rings. The van der Waals surface area contributed by atoms with E-state index < -0.39 is 35.4 Å². The smallest absolute Gasteiger partial charge is 0.311 e. The van der Waals surface area contributed by atoms with Crippen molar-refractivity contribution in [3.05, 3.63) is 15.4 Å². The third-order valence-corrected chi connectivity index (χ3v) is 4.74. The first-order valence-corrected chi connectivity index (χ1v) is 7.91. The second kappa shape index (κ2) is 6.09. The number of nitrogens with zero attached hydrogens (tertiary/aromatic N) is 3. The van der Waals surface area contributed by atoms with Crippen molar-refractivity contribution in [2.24, 2.45) is 0 Å². The quantitative estimate of drug-likeness (QED) is 0.584. The number of aliphatic hydroxyl groups is 2. The molecule has 10 nitrogen and oxygen atoms in total. The lowest BCUT2D eigenvalue weighted by atomic mass is 10.1. The number of aromatic nitrogens is 3. The lowest BCUT2D eigenvalue weighted by Crippen LogP contribution is -2.35. The average Bonchev–Trinajstić information content (AvgIpc) is 2.96. The van der Waals surface area contributed by atoms with Gasteiger partial charge in [0, 0.05) is 6.92 Å². The maximum atomic E-state index is 12.3. The molecule has 0 aromatic carbocycles. The Kier molecular flexibility index (Phi) is 4.25. The minimum Gasteiger partial charge on any atom is -0.463 e. The van der Waals surface area contributed by atoms with Crippen molar-refractivity contribution in [1.82, 2.24) is 14.5 Å². The largest absolute Gasteiger partial charge is 0.463 e. The predicted molar refractivity (Wildman–Crippen MR) is 83.4 cm³/mol. The Morgan fingerprint density at radius 1 is 1.42 bits per heavy atom. The van der Waals surface area contributed by atoms with Gasteiger partial charge in [0.15, 0.2) is 11.9 Å². The molecule has 24 heavy (non-hydrogen) atoms. The van der Waals surface area contributed by atoms with Gasteiger partial charge in [0.05, 0.1) is 10.4 Å². The summed E-state index contributed by atoms with van der Waals surface area (Å²) >= 11 is 0.892. The van der Waals surface area contributed by atoms with Crippen molar-refractivity contribution in [3.63, 3.8) is 0 Å². The van der Waals surface area contributed by atoms with Gasteiger partial charge in [-0.25, -0.2) is 4.98 Å². The molecule has 11 heteroatoms. The van der Waals surface area contributed by atoms with E-state index in [2.05, 4.69) is 9.97 Å². The van der Waals surface area contributed by atoms with Crippen LogP contribution >= 0.6 is 11.3 Å². The van der Waals surface area contributed by atoms with Crippen molar-refractivity contribution in [3.8, 4) is 0 Å². The summed E-state index contributed by atoms with van der Waals surface area (Å²) in [5.41, 5.74) is 6.38. The van der Waals surface area contributed by atoms with Gasteiger partial charge in [-0.1, -0.05) is 11.3 Å². The Bertz CT molecular complexity index is 849. The second-order valence-electron chi connectivity index (χ2n) is 5.41. The molecule has 0 radical (unpaired) electrons. The maximum absolute atomic E-state index is 12.3. The summed E-state index contributed by atoms with van der Waals surface area (Å²) in [7, 11) is 0. The molecule has 1 aliphatic heterocycles. The number of hydrogen-bond donors (Lipinski definition) is 3. The van der Waals surface area contributed by atoms with Crippen LogP contribution in [0, 0.1) is 6.92 Å². The highest BCUT2D eigenvalue weighted by molar-refractivity contribution is 7.16. The second-order valence-corrected chi connectivity index (χ2v) is 6.37. The highest BCUT2D eigenvalue weighted by atomic mass is 32.1. The number of rotatable bonds is 3. The number of nitrogens with two attached hydrogens (primary N) is 1. The zero-order valence-electron chi connectivity index (χ0n) is 12.9. The van der Waals surface area contributed by atoms with Crippen LogP contribution in [-0.4, -0.2) is 55.6 Å². The van der Waals surface area contributed by atoms with E-state index in [4.69, 9.17) is 15.2 Å². The number of nitrogen functional groups attached to an aromatic ring is 1. The number of hydrogen-bond acceptors (Lipinski definition) is 10. The normalized spacial score (nSPS) is 26.8. The minimum absolute atomic E-state index is 0.0175. The van der Waals surface area contributed by atoms with E-state index in [1.165, 1.54) is 6.92 Å². The van der Waals surface area contributed by atoms with E-state index in [0.29, 0.717) is 10.4 Å². The summed E-state index contributed by atoms with van der Waals surface area (Å²) in [6.07, 6.45) is -4.85. The fraction of sp³-hybridized carbons (Fsp3) is 0.538. The number of thiazole rings is 1. The molecule has 0 aliphatic carbocycles. The van der Waals surface area contributed by atoms with E-state index in [1.807, 2.05) is 0 Å². The fourth-order valence-corrected chi connectivity index (χ4v) is 3.47. The summed E-state index contributed by atoms with van der Waals surface area (Å²) in [6.45, 7) is 2.66. The van der Waals surface area contributed by atoms with Crippen LogP contribution in [0.3, 0.4) is 0 Å². The molecule has 0 spiro atoms. The van der Waals surface area contributed by atoms with Crippen molar-refractivity contribution in [2.45, 2.75) is 38.4 Å². The minimum atomic E-state index is -1.39. The van der Waals surface area contributed by atoms with Gasteiger partial charge in [-0.05, 0) is 6.92 Å². The molecule has 2 aromatic heterocycles. The zero-order valence-corrected chi connectivity index (χ0v) is 13.7. The summed E-state index contributed by atoms with van der Waals surface area (Å²) in [4.78, 5) is 30.8. The van der Waals surface area contributed by atoms with Crippen molar-refractivity contribution in [2.75, 3.05) is 12.3 Å². The number of carbonyl (C=O) groups is 1. The molecular weight excluding hydrogens is 340 g/mol. The number of anilines is 1. The van der Waals surface area contributed by atoms with Crippen LogP contribution in [0.5, 0.6) is 0 Å². The predicted octanol–water partition coefficient (Wildman–Crippen LogP) is -1.07. The molecule has 0 bridgehead atoms. The molecule has 2 aromatic rings. The van der Waals surface area contributed by atoms with Crippen LogP contribution in [0.2, 0.25) is 0 Å². The number of ether oxygens (including phenoxy) is 2. The number of aliphatic hydroxyl groups excluding tert-OH is 2. The first-order valence-electron chi connectivity index (χ1n) is 7.09. The Labute approximate surface area is 139 Å². The topological polar surface area (TPSA) is 150 Å².